The molecule has 0 amide bonds. The predicted octanol–water partition coefficient (Wildman–Crippen LogP) is 0.864. The molecule has 0 bridgehead atoms. The second-order valence-corrected chi connectivity index (χ2v) is 3.31. The number of aliphatic hydroxyl groups is 1. The molecule has 78 valence electrons. The number of nitrogens with two attached hydrogens (primary N) is 1. The SMILES string of the molecule is NC[C@H](O)c1cnn(-c2ccccc2)c1. The maximum atomic E-state index is 9.51. The highest BCUT2D eigenvalue weighted by atomic mass is 16.3. The fraction of sp³-hybridized carbons (Fsp3) is 0.182. The van der Waals surface area contributed by atoms with Crippen LogP contribution in [0.5, 0.6) is 0 Å². The van der Waals surface area contributed by atoms with Crippen LogP contribution in [0, 0.1) is 0 Å². The van der Waals surface area contributed by atoms with Crippen LogP contribution in [0.1, 0.15) is 11.7 Å². The molecule has 0 saturated heterocycles. The zero-order valence-corrected chi connectivity index (χ0v) is 8.24. The lowest BCUT2D eigenvalue weighted by molar-refractivity contribution is 0.186. The summed E-state index contributed by atoms with van der Waals surface area (Å²) in [6.07, 6.45) is 2.78. The Morgan fingerprint density at radius 1 is 1.33 bits per heavy atom. The molecular formula is C11H13N3O. The summed E-state index contributed by atoms with van der Waals surface area (Å²) >= 11 is 0. The summed E-state index contributed by atoms with van der Waals surface area (Å²) in [5.41, 5.74) is 7.07. The molecule has 0 saturated carbocycles. The van der Waals surface area contributed by atoms with E-state index >= 15 is 0 Å². The number of aromatic nitrogens is 2. The summed E-state index contributed by atoms with van der Waals surface area (Å²) in [5.74, 6) is 0. The number of nitrogens with zero attached hydrogens (tertiary/aromatic N) is 2. The Bertz CT molecular complexity index is 424. The molecule has 1 aromatic heterocycles. The van der Waals surface area contributed by atoms with Gasteiger partial charge in [0.05, 0.1) is 18.0 Å². The molecule has 2 aromatic rings. The van der Waals surface area contributed by atoms with E-state index in [1.165, 1.54) is 0 Å². The van der Waals surface area contributed by atoms with Crippen LogP contribution in [0.2, 0.25) is 0 Å². The second kappa shape index (κ2) is 4.25. The molecule has 4 heteroatoms. The fourth-order valence-corrected chi connectivity index (χ4v) is 1.37. The van der Waals surface area contributed by atoms with Gasteiger partial charge in [0.25, 0.3) is 0 Å². The molecule has 0 radical (unpaired) electrons. The minimum absolute atomic E-state index is 0.209. The topological polar surface area (TPSA) is 64.1 Å². The molecule has 0 aliphatic rings. The molecule has 0 unspecified atom stereocenters. The van der Waals surface area contributed by atoms with E-state index in [4.69, 9.17) is 5.73 Å². The van der Waals surface area contributed by atoms with Gasteiger partial charge in [-0.25, -0.2) is 4.68 Å². The first-order valence-corrected chi connectivity index (χ1v) is 4.79. The molecular weight excluding hydrogens is 190 g/mol. The Balaban J connectivity index is 2.28. The zero-order chi connectivity index (χ0) is 10.7. The van der Waals surface area contributed by atoms with Crippen molar-refractivity contribution in [2.45, 2.75) is 6.10 Å². The van der Waals surface area contributed by atoms with Crippen LogP contribution in [0.15, 0.2) is 42.7 Å². The molecule has 1 atom stereocenters. The average molecular weight is 203 g/mol. The lowest BCUT2D eigenvalue weighted by Crippen LogP contribution is -2.10. The van der Waals surface area contributed by atoms with Gasteiger partial charge in [0.1, 0.15) is 0 Å². The maximum Gasteiger partial charge on any atom is 0.0942 e. The molecule has 0 aliphatic carbocycles. The van der Waals surface area contributed by atoms with Crippen LogP contribution in [-0.4, -0.2) is 21.4 Å². The van der Waals surface area contributed by atoms with Gasteiger partial charge in [0.2, 0.25) is 0 Å². The van der Waals surface area contributed by atoms with E-state index in [-0.39, 0.29) is 6.54 Å². The van der Waals surface area contributed by atoms with E-state index in [9.17, 15) is 5.11 Å². The summed E-state index contributed by atoms with van der Waals surface area (Å²) in [4.78, 5) is 0. The molecule has 0 fully saturated rings. The van der Waals surface area contributed by atoms with Crippen molar-refractivity contribution >= 4 is 0 Å². The molecule has 0 aliphatic heterocycles. The number of hydrogen-bond donors (Lipinski definition) is 2. The zero-order valence-electron chi connectivity index (χ0n) is 8.24. The summed E-state index contributed by atoms with van der Waals surface area (Å²) < 4.78 is 1.72. The smallest absolute Gasteiger partial charge is 0.0942 e. The van der Waals surface area contributed by atoms with Crippen LogP contribution in [-0.2, 0) is 0 Å². The van der Waals surface area contributed by atoms with Crippen molar-refractivity contribution in [3.05, 3.63) is 48.3 Å². The third-order valence-electron chi connectivity index (χ3n) is 2.23. The lowest BCUT2D eigenvalue weighted by atomic mass is 10.2. The van der Waals surface area contributed by atoms with E-state index in [1.807, 2.05) is 30.3 Å². The van der Waals surface area contributed by atoms with Gasteiger partial charge in [-0.15, -0.1) is 0 Å². The Hall–Kier alpha value is -1.65. The fourth-order valence-electron chi connectivity index (χ4n) is 1.37. The van der Waals surface area contributed by atoms with Crippen molar-refractivity contribution in [1.82, 2.24) is 9.78 Å². The van der Waals surface area contributed by atoms with Crippen molar-refractivity contribution in [3.63, 3.8) is 0 Å². The summed E-state index contributed by atoms with van der Waals surface area (Å²) in [6.45, 7) is 0.209. The lowest BCUT2D eigenvalue weighted by Gasteiger charge is -2.03. The highest BCUT2D eigenvalue weighted by molar-refractivity contribution is 5.31. The third kappa shape index (κ3) is 2.06. The standard InChI is InChI=1S/C11H13N3O/c12-6-11(15)9-7-13-14(8-9)10-4-2-1-3-5-10/h1-5,7-8,11,15H,6,12H2/t11-/m0/s1. The first-order chi connectivity index (χ1) is 7.31. The molecule has 3 N–H and O–H groups in total. The van der Waals surface area contributed by atoms with E-state index in [0.29, 0.717) is 0 Å². The van der Waals surface area contributed by atoms with E-state index in [0.717, 1.165) is 11.3 Å². The van der Waals surface area contributed by atoms with Crippen LogP contribution in [0.4, 0.5) is 0 Å². The van der Waals surface area contributed by atoms with Crippen LogP contribution < -0.4 is 5.73 Å². The van der Waals surface area contributed by atoms with E-state index in [2.05, 4.69) is 5.10 Å². The highest BCUT2D eigenvalue weighted by Crippen LogP contribution is 2.13. The highest BCUT2D eigenvalue weighted by Gasteiger charge is 2.07. The van der Waals surface area contributed by atoms with Crippen LogP contribution in [0.25, 0.3) is 5.69 Å². The Labute approximate surface area is 88.0 Å². The molecule has 0 spiro atoms. The number of para-hydroxylation sites is 1. The van der Waals surface area contributed by atoms with Gasteiger partial charge in [-0.05, 0) is 12.1 Å². The van der Waals surface area contributed by atoms with Gasteiger partial charge >= 0.3 is 0 Å². The third-order valence-corrected chi connectivity index (χ3v) is 2.23. The molecule has 2 rings (SSSR count). The number of hydrogen-bond acceptors (Lipinski definition) is 3. The number of aliphatic hydroxyl groups excluding tert-OH is 1. The minimum atomic E-state index is -0.637. The van der Waals surface area contributed by atoms with Crippen LogP contribution >= 0.6 is 0 Å². The first-order valence-electron chi connectivity index (χ1n) is 4.79. The van der Waals surface area contributed by atoms with E-state index < -0.39 is 6.10 Å². The largest absolute Gasteiger partial charge is 0.387 e. The summed E-state index contributed by atoms with van der Waals surface area (Å²) in [5, 5.41) is 13.7. The van der Waals surface area contributed by atoms with Crippen LogP contribution in [0.3, 0.4) is 0 Å². The molecule has 1 heterocycles. The number of benzene rings is 1. The predicted molar refractivity (Wildman–Crippen MR) is 57.6 cm³/mol. The van der Waals surface area contributed by atoms with Gasteiger partial charge in [-0.3, -0.25) is 0 Å². The number of rotatable bonds is 3. The van der Waals surface area contributed by atoms with E-state index in [1.54, 1.807) is 17.1 Å². The Morgan fingerprint density at radius 2 is 2.07 bits per heavy atom. The van der Waals surface area contributed by atoms with Crippen molar-refractivity contribution < 1.29 is 5.11 Å². The Morgan fingerprint density at radius 3 is 2.73 bits per heavy atom. The minimum Gasteiger partial charge on any atom is -0.387 e. The molecule has 4 nitrogen and oxygen atoms in total. The first kappa shape index (κ1) is 9.89. The quantitative estimate of drug-likeness (QED) is 0.777. The maximum absolute atomic E-state index is 9.51. The van der Waals surface area contributed by atoms with Gasteiger partial charge in [-0.1, -0.05) is 18.2 Å². The van der Waals surface area contributed by atoms with Crippen molar-refractivity contribution in [1.29, 1.82) is 0 Å². The van der Waals surface area contributed by atoms with Crippen molar-refractivity contribution in [3.8, 4) is 5.69 Å². The van der Waals surface area contributed by atoms with Gasteiger partial charge < -0.3 is 10.8 Å². The molecule has 1 aromatic carbocycles. The van der Waals surface area contributed by atoms with Gasteiger partial charge in [-0.2, -0.15) is 5.10 Å². The normalized spacial score (nSPS) is 12.7. The summed E-state index contributed by atoms with van der Waals surface area (Å²) in [7, 11) is 0. The van der Waals surface area contributed by atoms with Gasteiger partial charge in [0.15, 0.2) is 0 Å². The van der Waals surface area contributed by atoms with Crippen molar-refractivity contribution in [2.24, 2.45) is 5.73 Å². The van der Waals surface area contributed by atoms with Gasteiger partial charge in [0, 0.05) is 18.3 Å². The second-order valence-electron chi connectivity index (χ2n) is 3.31. The monoisotopic (exact) mass is 203 g/mol. The average Bonchev–Trinajstić information content (AvgIpc) is 2.78. The van der Waals surface area contributed by atoms with Crippen molar-refractivity contribution in [2.75, 3.05) is 6.54 Å². The molecule has 15 heavy (non-hydrogen) atoms. The Kier molecular flexibility index (Phi) is 2.80. The summed E-state index contributed by atoms with van der Waals surface area (Å²) in [6, 6.07) is 9.73.